The molecule has 0 atom stereocenters. The molecule has 4 heteroatoms. The Balaban J connectivity index is 2.75. The Morgan fingerprint density at radius 3 is 2.50 bits per heavy atom. The molecular weight excluding hydrogens is 202 g/mol. The summed E-state index contributed by atoms with van der Waals surface area (Å²) in [5.41, 5.74) is 14.2. The molecule has 1 aromatic rings. The van der Waals surface area contributed by atoms with Crippen LogP contribution in [0.25, 0.3) is 0 Å². The van der Waals surface area contributed by atoms with Crippen molar-refractivity contribution in [2.75, 3.05) is 39.2 Å². The smallest absolute Gasteiger partial charge is 0.144 e. The van der Waals surface area contributed by atoms with Crippen LogP contribution in [0.1, 0.15) is 12.0 Å². The van der Waals surface area contributed by atoms with E-state index in [4.69, 9.17) is 16.2 Å². The molecule has 90 valence electrons. The second-order valence-electron chi connectivity index (χ2n) is 4.20. The summed E-state index contributed by atoms with van der Waals surface area (Å²) >= 11 is 0. The van der Waals surface area contributed by atoms with Gasteiger partial charge >= 0.3 is 0 Å². The van der Waals surface area contributed by atoms with Crippen molar-refractivity contribution in [1.29, 1.82) is 0 Å². The van der Waals surface area contributed by atoms with Gasteiger partial charge in [-0.25, -0.2) is 0 Å². The van der Waals surface area contributed by atoms with Gasteiger partial charge in [-0.15, -0.1) is 0 Å². The van der Waals surface area contributed by atoms with Crippen LogP contribution < -0.4 is 16.2 Å². The average Bonchev–Trinajstić information content (AvgIpc) is 2.22. The zero-order valence-electron chi connectivity index (χ0n) is 10.3. The summed E-state index contributed by atoms with van der Waals surface area (Å²) < 4.78 is 5.18. The molecule has 4 nitrogen and oxygen atoms in total. The van der Waals surface area contributed by atoms with Crippen molar-refractivity contribution in [3.63, 3.8) is 0 Å². The number of nitrogen functional groups attached to an aromatic ring is 2. The number of nitrogens with zero attached hydrogens (tertiary/aromatic N) is 1. The topological polar surface area (TPSA) is 64.5 Å². The monoisotopic (exact) mass is 223 g/mol. The molecule has 0 fully saturated rings. The molecule has 1 aromatic carbocycles. The lowest BCUT2D eigenvalue weighted by atomic mass is 10.1. The summed E-state index contributed by atoms with van der Waals surface area (Å²) in [4.78, 5) is 2.15. The van der Waals surface area contributed by atoms with Gasteiger partial charge in [0.05, 0.1) is 12.8 Å². The Kier molecular flexibility index (Phi) is 4.43. The van der Waals surface area contributed by atoms with E-state index < -0.39 is 0 Å². The van der Waals surface area contributed by atoms with Gasteiger partial charge in [-0.05, 0) is 45.1 Å². The molecule has 0 amide bonds. The maximum atomic E-state index is 5.99. The molecule has 0 aliphatic carbocycles. The van der Waals surface area contributed by atoms with Gasteiger partial charge in [0.25, 0.3) is 0 Å². The highest BCUT2D eigenvalue weighted by molar-refractivity contribution is 5.65. The van der Waals surface area contributed by atoms with E-state index in [-0.39, 0.29) is 0 Å². The third-order valence-corrected chi connectivity index (χ3v) is 2.52. The Bertz CT molecular complexity index is 350. The van der Waals surface area contributed by atoms with Crippen molar-refractivity contribution in [2.24, 2.45) is 0 Å². The molecule has 4 N–H and O–H groups in total. The predicted octanol–water partition coefficient (Wildman–Crippen LogP) is 1.35. The number of rotatable bonds is 5. The summed E-state index contributed by atoms with van der Waals surface area (Å²) in [6.45, 7) is 1.04. The van der Waals surface area contributed by atoms with Crippen LogP contribution in [-0.2, 0) is 6.42 Å². The minimum absolute atomic E-state index is 0.667. The summed E-state index contributed by atoms with van der Waals surface area (Å²) in [5, 5.41) is 0. The van der Waals surface area contributed by atoms with Crippen molar-refractivity contribution in [3.8, 4) is 5.75 Å². The van der Waals surface area contributed by atoms with E-state index in [1.165, 1.54) is 0 Å². The number of hydrogen-bond donors (Lipinski definition) is 2. The van der Waals surface area contributed by atoms with Gasteiger partial charge in [0.15, 0.2) is 0 Å². The average molecular weight is 223 g/mol. The molecule has 0 heterocycles. The Hall–Kier alpha value is -1.42. The normalized spacial score (nSPS) is 10.8. The lowest BCUT2D eigenvalue weighted by molar-refractivity contribution is 0.399. The highest BCUT2D eigenvalue weighted by Crippen LogP contribution is 2.29. The first-order chi connectivity index (χ1) is 7.54. The minimum atomic E-state index is 0.667. The third kappa shape index (κ3) is 3.31. The first-order valence-corrected chi connectivity index (χ1v) is 5.41. The lowest BCUT2D eigenvalue weighted by Gasteiger charge is -2.13. The summed E-state index contributed by atoms with van der Waals surface area (Å²) in [5.74, 6) is 0.667. The Morgan fingerprint density at radius 2 is 1.94 bits per heavy atom. The van der Waals surface area contributed by atoms with Crippen LogP contribution in [0.4, 0.5) is 11.4 Å². The highest BCUT2D eigenvalue weighted by atomic mass is 16.5. The van der Waals surface area contributed by atoms with Gasteiger partial charge in [-0.1, -0.05) is 0 Å². The molecule has 0 aliphatic rings. The van der Waals surface area contributed by atoms with Crippen LogP contribution in [0, 0.1) is 0 Å². The number of methoxy groups -OCH3 is 1. The molecule has 0 saturated carbocycles. The van der Waals surface area contributed by atoms with E-state index in [0.29, 0.717) is 17.1 Å². The number of hydrogen-bond acceptors (Lipinski definition) is 4. The van der Waals surface area contributed by atoms with E-state index in [1.54, 1.807) is 13.2 Å². The van der Waals surface area contributed by atoms with Gasteiger partial charge in [0.2, 0.25) is 0 Å². The minimum Gasteiger partial charge on any atom is -0.495 e. The molecule has 0 aromatic heterocycles. The molecule has 0 bridgehead atoms. The Labute approximate surface area is 97.2 Å². The van der Waals surface area contributed by atoms with Crippen LogP contribution >= 0.6 is 0 Å². The fraction of sp³-hybridized carbons (Fsp3) is 0.500. The number of anilines is 2. The maximum absolute atomic E-state index is 5.99. The van der Waals surface area contributed by atoms with Gasteiger partial charge in [0.1, 0.15) is 5.75 Å². The van der Waals surface area contributed by atoms with Crippen LogP contribution in [-0.4, -0.2) is 32.6 Å². The highest BCUT2D eigenvalue weighted by Gasteiger charge is 2.07. The zero-order chi connectivity index (χ0) is 12.1. The molecule has 1 rings (SSSR count). The standard InChI is InChI=1S/C12H21N3O/c1-15(2)6-4-5-9-7-10(13)8-11(16-3)12(9)14/h7-8H,4-6,13-14H2,1-3H3. The van der Waals surface area contributed by atoms with Gasteiger partial charge in [-0.2, -0.15) is 0 Å². The van der Waals surface area contributed by atoms with Crippen LogP contribution in [0.5, 0.6) is 5.75 Å². The van der Waals surface area contributed by atoms with Crippen molar-refractivity contribution in [3.05, 3.63) is 17.7 Å². The summed E-state index contributed by atoms with van der Waals surface area (Å²) in [6, 6.07) is 3.68. The first-order valence-electron chi connectivity index (χ1n) is 5.41. The van der Waals surface area contributed by atoms with E-state index in [1.807, 2.05) is 6.07 Å². The quantitative estimate of drug-likeness (QED) is 0.740. The molecule has 0 unspecified atom stereocenters. The summed E-state index contributed by atoms with van der Waals surface area (Å²) in [6.07, 6.45) is 1.98. The van der Waals surface area contributed by atoms with Crippen molar-refractivity contribution in [1.82, 2.24) is 4.90 Å². The van der Waals surface area contributed by atoms with Gasteiger partial charge < -0.3 is 21.1 Å². The number of benzene rings is 1. The molecular formula is C12H21N3O. The Morgan fingerprint density at radius 1 is 1.25 bits per heavy atom. The van der Waals surface area contributed by atoms with Crippen molar-refractivity contribution >= 4 is 11.4 Å². The fourth-order valence-corrected chi connectivity index (χ4v) is 1.67. The van der Waals surface area contributed by atoms with Crippen LogP contribution in [0.15, 0.2) is 12.1 Å². The third-order valence-electron chi connectivity index (χ3n) is 2.52. The van der Waals surface area contributed by atoms with Crippen LogP contribution in [0.2, 0.25) is 0 Å². The fourth-order valence-electron chi connectivity index (χ4n) is 1.67. The first kappa shape index (κ1) is 12.6. The second kappa shape index (κ2) is 5.61. The van der Waals surface area contributed by atoms with E-state index >= 15 is 0 Å². The van der Waals surface area contributed by atoms with Gasteiger partial charge in [0, 0.05) is 11.8 Å². The predicted molar refractivity (Wildman–Crippen MR) is 68.7 cm³/mol. The van der Waals surface area contributed by atoms with Crippen molar-refractivity contribution in [2.45, 2.75) is 12.8 Å². The van der Waals surface area contributed by atoms with E-state index in [2.05, 4.69) is 19.0 Å². The molecule has 16 heavy (non-hydrogen) atoms. The largest absolute Gasteiger partial charge is 0.495 e. The van der Waals surface area contributed by atoms with Crippen molar-refractivity contribution < 1.29 is 4.74 Å². The van der Waals surface area contributed by atoms with Gasteiger partial charge in [-0.3, -0.25) is 0 Å². The zero-order valence-corrected chi connectivity index (χ0v) is 10.3. The molecule has 0 spiro atoms. The SMILES string of the molecule is COc1cc(N)cc(CCCN(C)C)c1N. The number of nitrogens with two attached hydrogens (primary N) is 2. The number of aryl methyl sites for hydroxylation is 1. The second-order valence-corrected chi connectivity index (χ2v) is 4.20. The maximum Gasteiger partial charge on any atom is 0.144 e. The molecule has 0 saturated heterocycles. The summed E-state index contributed by atoms with van der Waals surface area (Å²) in [7, 11) is 5.72. The molecule has 0 radical (unpaired) electrons. The molecule has 0 aliphatic heterocycles. The van der Waals surface area contributed by atoms with E-state index in [0.717, 1.165) is 24.9 Å². The lowest BCUT2D eigenvalue weighted by Crippen LogP contribution is -2.14. The van der Waals surface area contributed by atoms with Crippen LogP contribution in [0.3, 0.4) is 0 Å². The van der Waals surface area contributed by atoms with E-state index in [9.17, 15) is 0 Å². The number of ether oxygens (including phenoxy) is 1.